The number of hydrogen-bond acceptors (Lipinski definition) is 6. The van der Waals surface area contributed by atoms with Crippen molar-refractivity contribution in [2.45, 2.75) is 50.0 Å². The monoisotopic (exact) mass is 516 g/mol. The Morgan fingerprint density at radius 2 is 1.79 bits per heavy atom. The van der Waals surface area contributed by atoms with Crippen LogP contribution in [0.15, 0.2) is 66.8 Å². The van der Waals surface area contributed by atoms with Gasteiger partial charge in [0.15, 0.2) is 0 Å². The lowest BCUT2D eigenvalue weighted by Crippen LogP contribution is -2.59. The smallest absolute Gasteiger partial charge is 0.313 e. The molecule has 0 aromatic heterocycles. The van der Waals surface area contributed by atoms with Crippen LogP contribution < -0.4 is 4.90 Å². The third-order valence-corrected chi connectivity index (χ3v) is 8.75. The first-order valence-electron chi connectivity index (χ1n) is 13.4. The Hall–Kier alpha value is -3.49. The maximum absolute atomic E-state index is 14.5. The molecule has 4 aliphatic heterocycles. The molecule has 2 aromatic rings. The van der Waals surface area contributed by atoms with Gasteiger partial charge in [-0.2, -0.15) is 0 Å². The first-order valence-corrected chi connectivity index (χ1v) is 13.4. The summed E-state index contributed by atoms with van der Waals surface area (Å²) in [6, 6.07) is 12.1. The van der Waals surface area contributed by atoms with Gasteiger partial charge in [-0.25, -0.2) is 0 Å². The number of hydrogen-bond donors (Lipinski definition) is 1. The molecule has 0 aliphatic carbocycles. The number of aliphatic hydroxyl groups is 1. The molecule has 6 atom stereocenters. The highest BCUT2D eigenvalue weighted by atomic mass is 16.6. The second-order valence-electron chi connectivity index (χ2n) is 10.5. The predicted octanol–water partition coefficient (Wildman–Crippen LogP) is 2.99. The van der Waals surface area contributed by atoms with E-state index in [1.807, 2.05) is 74.5 Å². The van der Waals surface area contributed by atoms with E-state index in [9.17, 15) is 19.5 Å². The zero-order valence-corrected chi connectivity index (χ0v) is 21.6. The fraction of sp³-hybridized carbons (Fsp3) is 0.433. The van der Waals surface area contributed by atoms with E-state index in [2.05, 4.69) is 0 Å². The summed E-state index contributed by atoms with van der Waals surface area (Å²) in [6.07, 6.45) is 8.15. The van der Waals surface area contributed by atoms with E-state index in [0.29, 0.717) is 18.5 Å². The minimum absolute atomic E-state index is 0.111. The lowest BCUT2D eigenvalue weighted by molar-refractivity contribution is -0.159. The van der Waals surface area contributed by atoms with Crippen LogP contribution in [0.5, 0.6) is 0 Å². The molecule has 0 radical (unpaired) electrons. The molecule has 2 saturated heterocycles. The Morgan fingerprint density at radius 3 is 2.53 bits per heavy atom. The van der Waals surface area contributed by atoms with E-state index in [1.165, 1.54) is 4.90 Å². The highest BCUT2D eigenvalue weighted by Gasteiger charge is 2.76. The summed E-state index contributed by atoms with van der Waals surface area (Å²) in [5.74, 6) is -3.00. The standard InChI is InChI=1S/C30H32N2O6/c1-3-21(18-33)32-25-27(35)31(22-12-11-19-9-5-6-10-20(19)17-22)15-7-14-30(25)23(26(32)34)24-28(36)37-16-8-13-29(24,4-2)38-30/h5-14,17,21,23-25,33H,3-4,15-16,18H2,1-2H3/t21-,23-,24-,25?,29+,30-/m0/s1. The van der Waals surface area contributed by atoms with Crippen molar-refractivity contribution in [2.24, 2.45) is 11.8 Å². The quantitative estimate of drug-likeness (QED) is 0.485. The first kappa shape index (κ1) is 24.8. The zero-order valence-electron chi connectivity index (χ0n) is 21.6. The summed E-state index contributed by atoms with van der Waals surface area (Å²) >= 11 is 0. The van der Waals surface area contributed by atoms with Gasteiger partial charge < -0.3 is 24.4 Å². The van der Waals surface area contributed by atoms with Gasteiger partial charge in [-0.05, 0) is 41.8 Å². The Kier molecular flexibility index (Phi) is 5.92. The summed E-state index contributed by atoms with van der Waals surface area (Å²) in [6.45, 7) is 3.88. The summed E-state index contributed by atoms with van der Waals surface area (Å²) in [5, 5.41) is 12.3. The van der Waals surface area contributed by atoms with Crippen molar-refractivity contribution >= 4 is 34.2 Å². The highest BCUT2D eigenvalue weighted by molar-refractivity contribution is 6.06. The lowest BCUT2D eigenvalue weighted by Gasteiger charge is -2.40. The van der Waals surface area contributed by atoms with Crippen molar-refractivity contribution in [3.8, 4) is 0 Å². The van der Waals surface area contributed by atoms with Gasteiger partial charge in [-0.1, -0.05) is 62.4 Å². The van der Waals surface area contributed by atoms with E-state index in [1.54, 1.807) is 11.0 Å². The van der Waals surface area contributed by atoms with E-state index >= 15 is 0 Å². The number of rotatable bonds is 5. The molecule has 8 heteroatoms. The van der Waals surface area contributed by atoms with Gasteiger partial charge in [0.05, 0.1) is 18.6 Å². The molecule has 2 aromatic carbocycles. The van der Waals surface area contributed by atoms with Gasteiger partial charge in [-0.3, -0.25) is 14.4 Å². The number of esters is 1. The molecule has 1 spiro atoms. The molecule has 4 aliphatic rings. The number of benzene rings is 2. The van der Waals surface area contributed by atoms with Crippen LogP contribution in [0.3, 0.4) is 0 Å². The van der Waals surface area contributed by atoms with Crippen LogP contribution in [0, 0.1) is 11.8 Å². The molecule has 1 unspecified atom stereocenters. The van der Waals surface area contributed by atoms with Crippen molar-refractivity contribution in [3.05, 3.63) is 66.8 Å². The molecule has 8 nitrogen and oxygen atoms in total. The number of amides is 2. The Morgan fingerprint density at radius 1 is 1.00 bits per heavy atom. The third kappa shape index (κ3) is 3.33. The average Bonchev–Trinajstić information content (AvgIpc) is 3.21. The van der Waals surface area contributed by atoms with Gasteiger partial charge in [0.25, 0.3) is 5.91 Å². The minimum Gasteiger partial charge on any atom is -0.461 e. The zero-order chi connectivity index (χ0) is 26.7. The van der Waals surface area contributed by atoms with E-state index in [0.717, 1.165) is 10.8 Å². The Balaban J connectivity index is 1.52. The van der Waals surface area contributed by atoms with E-state index < -0.39 is 41.1 Å². The topological polar surface area (TPSA) is 96.4 Å². The van der Waals surface area contributed by atoms with E-state index in [4.69, 9.17) is 9.47 Å². The van der Waals surface area contributed by atoms with E-state index in [-0.39, 0.29) is 31.6 Å². The summed E-state index contributed by atoms with van der Waals surface area (Å²) in [4.78, 5) is 45.3. The normalized spacial score (nSPS) is 33.0. The molecule has 198 valence electrons. The number of cyclic esters (lactones) is 1. The van der Waals surface area contributed by atoms with Crippen molar-refractivity contribution < 1.29 is 29.0 Å². The number of fused-ring (bicyclic) bond motifs is 3. The summed E-state index contributed by atoms with van der Waals surface area (Å²) < 4.78 is 12.3. The minimum atomic E-state index is -1.37. The van der Waals surface area contributed by atoms with Crippen LogP contribution in [0.1, 0.15) is 26.7 Å². The largest absolute Gasteiger partial charge is 0.461 e. The van der Waals surface area contributed by atoms with Crippen LogP contribution in [0.2, 0.25) is 0 Å². The van der Waals surface area contributed by atoms with Crippen LogP contribution in [-0.4, -0.2) is 70.8 Å². The predicted molar refractivity (Wildman–Crippen MR) is 141 cm³/mol. The molecule has 38 heavy (non-hydrogen) atoms. The van der Waals surface area contributed by atoms with Crippen molar-refractivity contribution in [1.82, 2.24) is 4.90 Å². The van der Waals surface area contributed by atoms with Gasteiger partial charge >= 0.3 is 5.97 Å². The maximum Gasteiger partial charge on any atom is 0.313 e. The molecule has 4 heterocycles. The van der Waals surface area contributed by atoms with Crippen LogP contribution in [0.4, 0.5) is 5.69 Å². The molecule has 0 saturated carbocycles. The molecule has 1 N–H and O–H groups in total. The maximum atomic E-state index is 14.5. The van der Waals surface area contributed by atoms with Crippen molar-refractivity contribution in [2.75, 3.05) is 24.7 Å². The van der Waals surface area contributed by atoms with Gasteiger partial charge in [0.2, 0.25) is 5.91 Å². The van der Waals surface area contributed by atoms with Crippen molar-refractivity contribution in [1.29, 1.82) is 0 Å². The first-order chi connectivity index (χ1) is 18.4. The number of likely N-dealkylation sites (tertiary alicyclic amines) is 1. The molecule has 2 amide bonds. The number of carbonyl (C=O) groups is 3. The number of ether oxygens (including phenoxy) is 2. The fourth-order valence-corrected chi connectivity index (χ4v) is 6.92. The molecular formula is C30H32N2O6. The summed E-state index contributed by atoms with van der Waals surface area (Å²) in [7, 11) is 0. The van der Waals surface area contributed by atoms with Gasteiger partial charge in [0, 0.05) is 12.2 Å². The second kappa shape index (κ2) is 9.06. The number of aliphatic hydroxyl groups excluding tert-OH is 1. The highest BCUT2D eigenvalue weighted by Crippen LogP contribution is 2.59. The lowest BCUT2D eigenvalue weighted by atomic mass is 9.73. The molecule has 6 rings (SSSR count). The SMILES string of the molecule is CC[C@@H](CO)N1C(=O)[C@@H]2[C@H]3C(=O)OCC=C[C@@]3(CC)O[C@@]23C=CCN(c2ccc4ccccc4c2)C(=O)C13. The number of anilines is 1. The van der Waals surface area contributed by atoms with Crippen molar-refractivity contribution in [3.63, 3.8) is 0 Å². The molecular weight excluding hydrogens is 484 g/mol. The van der Waals surface area contributed by atoms with Crippen LogP contribution in [0.25, 0.3) is 10.8 Å². The number of carbonyl (C=O) groups excluding carboxylic acids is 3. The van der Waals surface area contributed by atoms with Crippen LogP contribution >= 0.6 is 0 Å². The van der Waals surface area contributed by atoms with Gasteiger partial charge in [0.1, 0.15) is 29.8 Å². The van der Waals surface area contributed by atoms with Crippen LogP contribution in [-0.2, 0) is 23.9 Å². The third-order valence-electron chi connectivity index (χ3n) is 8.75. The molecule has 0 bridgehead atoms. The molecule has 2 fully saturated rings. The Labute approximate surface area is 221 Å². The van der Waals surface area contributed by atoms with Gasteiger partial charge in [-0.15, -0.1) is 0 Å². The number of nitrogens with zero attached hydrogens (tertiary/aromatic N) is 2. The Bertz CT molecular complexity index is 1370. The summed E-state index contributed by atoms with van der Waals surface area (Å²) in [5.41, 5.74) is -1.73. The fourth-order valence-electron chi connectivity index (χ4n) is 6.92. The second-order valence-corrected chi connectivity index (χ2v) is 10.5. The average molecular weight is 517 g/mol.